The van der Waals surface area contributed by atoms with Gasteiger partial charge in [0, 0.05) is 26.7 Å². The zero-order chi connectivity index (χ0) is 8.10. The molecule has 3 heteroatoms. The van der Waals surface area contributed by atoms with E-state index in [1.54, 1.807) is 0 Å². The first-order valence-corrected chi connectivity index (χ1v) is 4.34. The SMILES string of the molecule is CCCN1CCCNC1=NC. The number of hydrogen-bond donors (Lipinski definition) is 1. The van der Waals surface area contributed by atoms with E-state index in [2.05, 4.69) is 22.1 Å². The molecule has 1 aliphatic heterocycles. The molecule has 0 radical (unpaired) electrons. The summed E-state index contributed by atoms with van der Waals surface area (Å²) in [5, 5.41) is 3.28. The van der Waals surface area contributed by atoms with Crippen LogP contribution in [0.2, 0.25) is 0 Å². The average Bonchev–Trinajstić information content (AvgIpc) is 2.06. The molecule has 1 rings (SSSR count). The first-order valence-electron chi connectivity index (χ1n) is 4.34. The number of nitrogens with zero attached hydrogens (tertiary/aromatic N) is 2. The van der Waals surface area contributed by atoms with E-state index in [4.69, 9.17) is 0 Å². The van der Waals surface area contributed by atoms with Crippen LogP contribution in [0, 0.1) is 0 Å². The first kappa shape index (κ1) is 8.37. The van der Waals surface area contributed by atoms with Crippen molar-refractivity contribution in [1.29, 1.82) is 0 Å². The van der Waals surface area contributed by atoms with Crippen molar-refractivity contribution in [3.63, 3.8) is 0 Å². The van der Waals surface area contributed by atoms with Crippen molar-refractivity contribution >= 4 is 5.96 Å². The van der Waals surface area contributed by atoms with Gasteiger partial charge in [0.15, 0.2) is 5.96 Å². The number of rotatable bonds is 2. The summed E-state index contributed by atoms with van der Waals surface area (Å²) in [7, 11) is 1.84. The van der Waals surface area contributed by atoms with Gasteiger partial charge in [0.05, 0.1) is 0 Å². The maximum Gasteiger partial charge on any atom is 0.193 e. The van der Waals surface area contributed by atoms with E-state index >= 15 is 0 Å². The monoisotopic (exact) mass is 155 g/mol. The Hall–Kier alpha value is -0.730. The maximum absolute atomic E-state index is 4.18. The van der Waals surface area contributed by atoms with Gasteiger partial charge in [-0.15, -0.1) is 0 Å². The first-order chi connectivity index (χ1) is 5.38. The van der Waals surface area contributed by atoms with Crippen LogP contribution in [0.3, 0.4) is 0 Å². The van der Waals surface area contributed by atoms with Crippen LogP contribution in [-0.4, -0.2) is 37.5 Å². The molecule has 0 spiro atoms. The van der Waals surface area contributed by atoms with Crippen molar-refractivity contribution in [3.05, 3.63) is 0 Å². The van der Waals surface area contributed by atoms with Crippen LogP contribution in [0.4, 0.5) is 0 Å². The van der Waals surface area contributed by atoms with Crippen molar-refractivity contribution in [3.8, 4) is 0 Å². The highest BCUT2D eigenvalue weighted by Gasteiger charge is 2.12. The lowest BCUT2D eigenvalue weighted by Gasteiger charge is -2.30. The average molecular weight is 155 g/mol. The number of nitrogens with one attached hydrogen (secondary N) is 1. The minimum Gasteiger partial charge on any atom is -0.356 e. The Balaban J connectivity index is 2.45. The third-order valence-electron chi connectivity index (χ3n) is 1.89. The van der Waals surface area contributed by atoms with Gasteiger partial charge in [-0.1, -0.05) is 6.92 Å². The molecule has 0 saturated carbocycles. The van der Waals surface area contributed by atoms with Gasteiger partial charge >= 0.3 is 0 Å². The molecule has 64 valence electrons. The number of aliphatic imine (C=N–C) groups is 1. The zero-order valence-corrected chi connectivity index (χ0v) is 7.43. The van der Waals surface area contributed by atoms with Crippen molar-refractivity contribution in [1.82, 2.24) is 10.2 Å². The van der Waals surface area contributed by atoms with Crippen molar-refractivity contribution in [2.75, 3.05) is 26.7 Å². The summed E-state index contributed by atoms with van der Waals surface area (Å²) in [6.07, 6.45) is 2.43. The van der Waals surface area contributed by atoms with E-state index in [1.807, 2.05) is 7.05 Å². The lowest BCUT2D eigenvalue weighted by Crippen LogP contribution is -2.47. The Bertz CT molecular complexity index is 140. The topological polar surface area (TPSA) is 27.6 Å². The third kappa shape index (κ3) is 2.10. The van der Waals surface area contributed by atoms with E-state index < -0.39 is 0 Å². The quantitative estimate of drug-likeness (QED) is 0.635. The molecule has 1 heterocycles. The Kier molecular flexibility index (Phi) is 3.20. The van der Waals surface area contributed by atoms with Crippen LogP contribution >= 0.6 is 0 Å². The Labute approximate surface area is 68.5 Å². The summed E-state index contributed by atoms with van der Waals surface area (Å²) in [6, 6.07) is 0. The van der Waals surface area contributed by atoms with E-state index in [-0.39, 0.29) is 0 Å². The van der Waals surface area contributed by atoms with Gasteiger partial charge in [0.2, 0.25) is 0 Å². The standard InChI is InChI=1S/C8H17N3/c1-3-6-11-7-4-5-10-8(11)9-2/h3-7H2,1-2H3,(H,9,10). The van der Waals surface area contributed by atoms with Crippen LogP contribution in [0.5, 0.6) is 0 Å². The van der Waals surface area contributed by atoms with Crippen molar-refractivity contribution in [2.45, 2.75) is 19.8 Å². The molecule has 0 unspecified atom stereocenters. The lowest BCUT2D eigenvalue weighted by molar-refractivity contribution is 0.366. The second-order valence-corrected chi connectivity index (χ2v) is 2.81. The molecule has 3 nitrogen and oxygen atoms in total. The van der Waals surface area contributed by atoms with Gasteiger partial charge in [0.1, 0.15) is 0 Å². The van der Waals surface area contributed by atoms with Gasteiger partial charge < -0.3 is 10.2 Å². The van der Waals surface area contributed by atoms with Crippen molar-refractivity contribution < 1.29 is 0 Å². The Morgan fingerprint density at radius 2 is 2.45 bits per heavy atom. The highest BCUT2D eigenvalue weighted by molar-refractivity contribution is 5.80. The van der Waals surface area contributed by atoms with Gasteiger partial charge in [-0.25, -0.2) is 0 Å². The molecule has 0 bridgehead atoms. The molecule has 0 aromatic rings. The minimum atomic E-state index is 1.07. The molecule has 0 aromatic heterocycles. The normalized spacial score (nSPS) is 22.0. The summed E-state index contributed by atoms with van der Waals surface area (Å²) in [5.41, 5.74) is 0. The predicted octanol–water partition coefficient (Wildman–Crippen LogP) is 0.677. The minimum absolute atomic E-state index is 1.07. The lowest BCUT2D eigenvalue weighted by atomic mass is 10.3. The second-order valence-electron chi connectivity index (χ2n) is 2.81. The zero-order valence-electron chi connectivity index (χ0n) is 7.43. The van der Waals surface area contributed by atoms with Crippen LogP contribution in [0.1, 0.15) is 19.8 Å². The molecular formula is C8H17N3. The largest absolute Gasteiger partial charge is 0.356 e. The molecule has 11 heavy (non-hydrogen) atoms. The molecule has 0 amide bonds. The highest BCUT2D eigenvalue weighted by Crippen LogP contribution is 1.99. The molecule has 0 aliphatic carbocycles. The predicted molar refractivity (Wildman–Crippen MR) is 47.8 cm³/mol. The number of guanidine groups is 1. The fourth-order valence-corrected chi connectivity index (χ4v) is 1.40. The molecule has 1 N–H and O–H groups in total. The molecule has 0 atom stereocenters. The fourth-order valence-electron chi connectivity index (χ4n) is 1.40. The van der Waals surface area contributed by atoms with Gasteiger partial charge in [-0.2, -0.15) is 0 Å². The van der Waals surface area contributed by atoms with Crippen LogP contribution in [0.25, 0.3) is 0 Å². The van der Waals surface area contributed by atoms with E-state index in [0.29, 0.717) is 0 Å². The summed E-state index contributed by atoms with van der Waals surface area (Å²) in [5.74, 6) is 1.07. The molecule has 0 aromatic carbocycles. The smallest absolute Gasteiger partial charge is 0.193 e. The van der Waals surface area contributed by atoms with Crippen molar-refractivity contribution in [2.24, 2.45) is 4.99 Å². The third-order valence-corrected chi connectivity index (χ3v) is 1.89. The van der Waals surface area contributed by atoms with Crippen LogP contribution in [0.15, 0.2) is 4.99 Å². The molecule has 1 saturated heterocycles. The summed E-state index contributed by atoms with van der Waals surface area (Å²) < 4.78 is 0. The van der Waals surface area contributed by atoms with E-state index in [9.17, 15) is 0 Å². The number of hydrogen-bond acceptors (Lipinski definition) is 1. The molecule has 1 fully saturated rings. The Morgan fingerprint density at radius 1 is 1.64 bits per heavy atom. The summed E-state index contributed by atoms with van der Waals surface area (Å²) in [4.78, 5) is 6.49. The van der Waals surface area contributed by atoms with Gasteiger partial charge in [-0.3, -0.25) is 4.99 Å². The van der Waals surface area contributed by atoms with Crippen LogP contribution in [-0.2, 0) is 0 Å². The fraction of sp³-hybridized carbons (Fsp3) is 0.875. The van der Waals surface area contributed by atoms with E-state index in [1.165, 1.54) is 12.8 Å². The Morgan fingerprint density at radius 3 is 3.09 bits per heavy atom. The second kappa shape index (κ2) is 4.21. The molecular weight excluding hydrogens is 138 g/mol. The summed E-state index contributed by atoms with van der Waals surface area (Å²) in [6.45, 7) is 5.56. The highest BCUT2D eigenvalue weighted by atomic mass is 15.3. The maximum atomic E-state index is 4.18. The molecule has 1 aliphatic rings. The van der Waals surface area contributed by atoms with Gasteiger partial charge in [0.25, 0.3) is 0 Å². The summed E-state index contributed by atoms with van der Waals surface area (Å²) >= 11 is 0. The van der Waals surface area contributed by atoms with Gasteiger partial charge in [-0.05, 0) is 12.8 Å². The van der Waals surface area contributed by atoms with E-state index in [0.717, 1.165) is 25.6 Å². The van der Waals surface area contributed by atoms with Crippen LogP contribution < -0.4 is 5.32 Å².